The van der Waals surface area contributed by atoms with Gasteiger partial charge in [-0.25, -0.2) is 5.84 Å². The zero-order valence-electron chi connectivity index (χ0n) is 9.43. The quantitative estimate of drug-likeness (QED) is 0.417. The third-order valence-electron chi connectivity index (χ3n) is 4.47. The lowest BCUT2D eigenvalue weighted by molar-refractivity contribution is -0.137. The standard InChI is InChI=1S/C12H22N2O/c13-14-11(15)12(8-4-1-5-9-12)10-6-2-3-7-10/h10H,1-9,13H2,(H,14,15). The summed E-state index contributed by atoms with van der Waals surface area (Å²) in [5, 5.41) is 0. The van der Waals surface area contributed by atoms with Crippen molar-refractivity contribution < 1.29 is 4.79 Å². The van der Waals surface area contributed by atoms with Crippen molar-refractivity contribution in [2.45, 2.75) is 57.8 Å². The van der Waals surface area contributed by atoms with Crippen molar-refractivity contribution in [1.29, 1.82) is 0 Å². The fourth-order valence-electron chi connectivity index (χ4n) is 3.63. The first-order valence-electron chi connectivity index (χ1n) is 6.31. The third-order valence-corrected chi connectivity index (χ3v) is 4.47. The largest absolute Gasteiger partial charge is 0.294 e. The number of nitrogens with two attached hydrogens (primary N) is 1. The molecule has 3 N–H and O–H groups in total. The molecule has 0 unspecified atom stereocenters. The van der Waals surface area contributed by atoms with E-state index in [0.29, 0.717) is 5.92 Å². The molecule has 86 valence electrons. The first kappa shape index (κ1) is 10.9. The molecule has 3 nitrogen and oxygen atoms in total. The average Bonchev–Trinajstić information content (AvgIpc) is 2.83. The summed E-state index contributed by atoms with van der Waals surface area (Å²) in [6, 6.07) is 0. The number of hydrazine groups is 1. The predicted octanol–water partition coefficient (Wildman–Crippen LogP) is 2.12. The molecular formula is C12H22N2O. The molecule has 1 amide bonds. The summed E-state index contributed by atoms with van der Waals surface area (Å²) in [4.78, 5) is 12.0. The van der Waals surface area contributed by atoms with Crippen LogP contribution >= 0.6 is 0 Å². The van der Waals surface area contributed by atoms with E-state index in [1.54, 1.807) is 0 Å². The molecular weight excluding hydrogens is 188 g/mol. The topological polar surface area (TPSA) is 55.1 Å². The highest BCUT2D eigenvalue weighted by atomic mass is 16.2. The highest BCUT2D eigenvalue weighted by Crippen LogP contribution is 2.49. The van der Waals surface area contributed by atoms with Crippen molar-refractivity contribution in [3.8, 4) is 0 Å². The Labute approximate surface area is 91.8 Å². The second-order valence-electron chi connectivity index (χ2n) is 5.17. The molecule has 0 atom stereocenters. The highest BCUT2D eigenvalue weighted by Gasteiger charge is 2.46. The first-order valence-corrected chi connectivity index (χ1v) is 6.31. The van der Waals surface area contributed by atoms with Gasteiger partial charge in [-0.1, -0.05) is 32.1 Å². The molecule has 0 aromatic rings. The van der Waals surface area contributed by atoms with E-state index in [1.807, 2.05) is 0 Å². The van der Waals surface area contributed by atoms with E-state index in [4.69, 9.17) is 5.84 Å². The molecule has 15 heavy (non-hydrogen) atoms. The van der Waals surface area contributed by atoms with E-state index < -0.39 is 0 Å². The van der Waals surface area contributed by atoms with Crippen LogP contribution in [-0.2, 0) is 4.79 Å². The minimum absolute atomic E-state index is 0.106. The van der Waals surface area contributed by atoms with Crippen molar-refractivity contribution in [2.24, 2.45) is 17.2 Å². The van der Waals surface area contributed by atoms with Crippen LogP contribution in [0, 0.1) is 11.3 Å². The van der Waals surface area contributed by atoms with Gasteiger partial charge in [0.2, 0.25) is 5.91 Å². The lowest BCUT2D eigenvalue weighted by Crippen LogP contribution is -2.49. The van der Waals surface area contributed by atoms with Gasteiger partial charge in [-0.2, -0.15) is 0 Å². The zero-order valence-corrected chi connectivity index (χ0v) is 9.43. The summed E-state index contributed by atoms with van der Waals surface area (Å²) in [6.07, 6.45) is 10.8. The molecule has 0 saturated heterocycles. The summed E-state index contributed by atoms with van der Waals surface area (Å²) in [5.74, 6) is 6.06. The number of hydrogen-bond donors (Lipinski definition) is 2. The Morgan fingerprint density at radius 2 is 1.67 bits per heavy atom. The van der Waals surface area contributed by atoms with Crippen LogP contribution in [-0.4, -0.2) is 5.91 Å². The van der Waals surface area contributed by atoms with E-state index in [9.17, 15) is 4.79 Å². The van der Waals surface area contributed by atoms with E-state index >= 15 is 0 Å². The van der Waals surface area contributed by atoms with Gasteiger partial charge in [0.15, 0.2) is 0 Å². The van der Waals surface area contributed by atoms with Crippen LogP contribution in [0.2, 0.25) is 0 Å². The Kier molecular flexibility index (Phi) is 3.29. The minimum Gasteiger partial charge on any atom is -0.294 e. The van der Waals surface area contributed by atoms with E-state index in [-0.39, 0.29) is 11.3 Å². The number of carbonyl (C=O) groups is 1. The van der Waals surface area contributed by atoms with Gasteiger partial charge in [-0.3, -0.25) is 10.2 Å². The Balaban J connectivity index is 2.16. The normalized spacial score (nSPS) is 26.5. The first-order chi connectivity index (χ1) is 7.29. The lowest BCUT2D eigenvalue weighted by Gasteiger charge is -2.40. The molecule has 0 bridgehead atoms. The Morgan fingerprint density at radius 1 is 1.07 bits per heavy atom. The average molecular weight is 210 g/mol. The zero-order chi connectivity index (χ0) is 10.7. The smallest absolute Gasteiger partial charge is 0.240 e. The van der Waals surface area contributed by atoms with Gasteiger partial charge < -0.3 is 0 Å². The molecule has 2 rings (SSSR count). The second-order valence-corrected chi connectivity index (χ2v) is 5.17. The van der Waals surface area contributed by atoms with Gasteiger partial charge in [-0.15, -0.1) is 0 Å². The van der Waals surface area contributed by atoms with Crippen LogP contribution < -0.4 is 11.3 Å². The van der Waals surface area contributed by atoms with Crippen LogP contribution in [0.5, 0.6) is 0 Å². The molecule has 0 radical (unpaired) electrons. The van der Waals surface area contributed by atoms with Crippen LogP contribution in [0.4, 0.5) is 0 Å². The number of hydrogen-bond acceptors (Lipinski definition) is 2. The van der Waals surface area contributed by atoms with Crippen LogP contribution in [0.25, 0.3) is 0 Å². The minimum atomic E-state index is -0.108. The summed E-state index contributed by atoms with van der Waals surface area (Å²) in [5.41, 5.74) is 2.31. The molecule has 0 aromatic heterocycles. The van der Waals surface area contributed by atoms with Gasteiger partial charge >= 0.3 is 0 Å². The van der Waals surface area contributed by atoms with Gasteiger partial charge in [0.1, 0.15) is 0 Å². The molecule has 2 saturated carbocycles. The molecule has 3 heteroatoms. The van der Waals surface area contributed by atoms with Crippen LogP contribution in [0.1, 0.15) is 57.8 Å². The Hall–Kier alpha value is -0.570. The van der Waals surface area contributed by atoms with Crippen molar-refractivity contribution in [2.75, 3.05) is 0 Å². The van der Waals surface area contributed by atoms with Gasteiger partial charge in [0, 0.05) is 0 Å². The summed E-state index contributed by atoms with van der Waals surface area (Å²) >= 11 is 0. The molecule has 2 aliphatic carbocycles. The lowest BCUT2D eigenvalue weighted by atomic mass is 9.64. The highest BCUT2D eigenvalue weighted by molar-refractivity contribution is 5.82. The molecule has 0 aliphatic heterocycles. The van der Waals surface area contributed by atoms with E-state index in [2.05, 4.69) is 5.43 Å². The Morgan fingerprint density at radius 3 is 2.20 bits per heavy atom. The molecule has 0 spiro atoms. The van der Waals surface area contributed by atoms with Crippen molar-refractivity contribution in [3.05, 3.63) is 0 Å². The predicted molar refractivity (Wildman–Crippen MR) is 59.8 cm³/mol. The number of amides is 1. The summed E-state index contributed by atoms with van der Waals surface area (Å²) in [6.45, 7) is 0. The van der Waals surface area contributed by atoms with Gasteiger partial charge in [0.05, 0.1) is 5.41 Å². The van der Waals surface area contributed by atoms with Gasteiger partial charge in [0.25, 0.3) is 0 Å². The third kappa shape index (κ3) is 1.89. The Bertz CT molecular complexity index is 228. The second kappa shape index (κ2) is 4.52. The summed E-state index contributed by atoms with van der Waals surface area (Å²) < 4.78 is 0. The fraction of sp³-hybridized carbons (Fsp3) is 0.917. The fourth-order valence-corrected chi connectivity index (χ4v) is 3.63. The SMILES string of the molecule is NNC(=O)C1(C2CCCC2)CCCCC1. The molecule has 0 aromatic carbocycles. The molecule has 2 fully saturated rings. The van der Waals surface area contributed by atoms with Crippen molar-refractivity contribution in [3.63, 3.8) is 0 Å². The number of nitrogens with one attached hydrogen (secondary N) is 1. The maximum absolute atomic E-state index is 12.0. The van der Waals surface area contributed by atoms with Crippen molar-refractivity contribution in [1.82, 2.24) is 5.43 Å². The number of carbonyl (C=O) groups excluding carboxylic acids is 1. The number of rotatable bonds is 2. The van der Waals surface area contributed by atoms with Crippen molar-refractivity contribution >= 4 is 5.91 Å². The molecule has 0 heterocycles. The monoisotopic (exact) mass is 210 g/mol. The van der Waals surface area contributed by atoms with Gasteiger partial charge in [-0.05, 0) is 31.6 Å². The van der Waals surface area contributed by atoms with Crippen LogP contribution in [0.15, 0.2) is 0 Å². The summed E-state index contributed by atoms with van der Waals surface area (Å²) in [7, 11) is 0. The maximum atomic E-state index is 12.0. The van der Waals surface area contributed by atoms with Crippen LogP contribution in [0.3, 0.4) is 0 Å². The molecule has 2 aliphatic rings. The van der Waals surface area contributed by atoms with E-state index in [0.717, 1.165) is 12.8 Å². The maximum Gasteiger partial charge on any atom is 0.240 e. The van der Waals surface area contributed by atoms with E-state index in [1.165, 1.54) is 44.9 Å².